The van der Waals surface area contributed by atoms with E-state index in [0.717, 1.165) is 24.3 Å². The number of hydrogen-bond acceptors (Lipinski definition) is 4. The summed E-state index contributed by atoms with van der Waals surface area (Å²) in [6.45, 7) is 0. The van der Waals surface area contributed by atoms with Crippen molar-refractivity contribution in [1.29, 1.82) is 21.0 Å². The molecule has 0 N–H and O–H groups in total. The van der Waals surface area contributed by atoms with Gasteiger partial charge in [0.25, 0.3) is 0 Å². The molecule has 0 aromatic heterocycles. The summed E-state index contributed by atoms with van der Waals surface area (Å²) in [5, 5.41) is 35.5. The molecule has 16 heteroatoms. The van der Waals surface area contributed by atoms with E-state index >= 15 is 0 Å². The van der Waals surface area contributed by atoms with Crippen LogP contribution in [0.3, 0.4) is 0 Å². The predicted molar refractivity (Wildman–Crippen MR) is 126 cm³/mol. The summed E-state index contributed by atoms with van der Waals surface area (Å²) in [6, 6.07) is 6.29. The van der Waals surface area contributed by atoms with Crippen molar-refractivity contribution >= 4 is 11.1 Å². The fourth-order valence-electron chi connectivity index (χ4n) is 4.35. The van der Waals surface area contributed by atoms with Crippen LogP contribution < -0.4 is 10.4 Å². The molecule has 0 bridgehead atoms. The topological polar surface area (TPSA) is 95.2 Å². The van der Waals surface area contributed by atoms with Gasteiger partial charge >= 0.3 is 24.7 Å². The van der Waals surface area contributed by atoms with Crippen LogP contribution in [0.4, 0.5) is 52.7 Å². The van der Waals surface area contributed by atoms with Gasteiger partial charge in [0.05, 0.1) is 22.3 Å². The molecule has 0 heterocycles. The summed E-state index contributed by atoms with van der Waals surface area (Å²) in [6.07, 6.45) is -22.3. The minimum absolute atomic E-state index is 0.147. The standard InChI is InChI=1S/C28H8F12N4/c29-25(30,31)19-3-1-4-20(26(32,33)34)23(19)17-7-16(14(11-43)12-44)18(8-15(17)13(9-41)10-42)24-21(27(35,36)37)5-2-6-22(24)28(38,39)40/h1-8H. The lowest BCUT2D eigenvalue weighted by molar-refractivity contribution is -0.143. The Bertz CT molecular complexity index is 1710. The van der Waals surface area contributed by atoms with E-state index in [-0.39, 0.29) is 36.4 Å². The summed E-state index contributed by atoms with van der Waals surface area (Å²) < 4.78 is 168. The van der Waals surface area contributed by atoms with Crippen LogP contribution in [0.5, 0.6) is 0 Å². The first-order valence-corrected chi connectivity index (χ1v) is 11.3. The van der Waals surface area contributed by atoms with Crippen LogP contribution in [-0.2, 0) is 24.7 Å². The Hall–Kier alpha value is -5.48. The lowest BCUT2D eigenvalue weighted by atomic mass is 9.85. The maximum Gasteiger partial charge on any atom is 0.417 e. The van der Waals surface area contributed by atoms with Crippen LogP contribution in [-0.4, -0.2) is 0 Å². The third kappa shape index (κ3) is 6.16. The van der Waals surface area contributed by atoms with Crippen molar-refractivity contribution in [1.82, 2.24) is 0 Å². The lowest BCUT2D eigenvalue weighted by Gasteiger charge is -2.22. The normalized spacial score (nSPS) is 12.0. The van der Waals surface area contributed by atoms with Crippen LogP contribution in [0.15, 0.2) is 48.5 Å². The summed E-state index contributed by atoms with van der Waals surface area (Å²) in [7, 11) is 0. The highest BCUT2D eigenvalue weighted by atomic mass is 19.4. The molecule has 44 heavy (non-hydrogen) atoms. The Morgan fingerprint density at radius 1 is 0.432 bits per heavy atom. The molecule has 0 fully saturated rings. The third-order valence-electron chi connectivity index (χ3n) is 6.03. The van der Waals surface area contributed by atoms with E-state index in [0.29, 0.717) is 12.1 Å². The molecule has 3 rings (SSSR count). The molecule has 0 radical (unpaired) electrons. The fourth-order valence-corrected chi connectivity index (χ4v) is 4.35. The minimum Gasteiger partial charge on any atom is -0.192 e. The number of nitrogens with zero attached hydrogens (tertiary/aromatic N) is 4. The van der Waals surface area contributed by atoms with E-state index in [9.17, 15) is 73.7 Å². The Kier molecular flexibility index (Phi) is 8.49. The summed E-state index contributed by atoms with van der Waals surface area (Å²) in [5.41, 5.74) is -16.9. The van der Waals surface area contributed by atoms with Gasteiger partial charge in [-0.1, -0.05) is 12.1 Å². The van der Waals surface area contributed by atoms with Crippen molar-refractivity contribution in [3.63, 3.8) is 0 Å². The second kappa shape index (κ2) is 11.3. The second-order valence-corrected chi connectivity index (χ2v) is 8.59. The van der Waals surface area contributed by atoms with Gasteiger partial charge in [-0.25, -0.2) is 0 Å². The highest BCUT2D eigenvalue weighted by molar-refractivity contribution is 5.88. The Balaban J connectivity index is 2.91. The number of rotatable bonds is 2. The van der Waals surface area contributed by atoms with Crippen LogP contribution in [0.2, 0.25) is 0 Å². The SMILES string of the molecule is N#CC(C#N)=c1cc(-c2c(C(F)(F)F)cccc2C(F)(F)F)c(=C(C#N)C#N)cc1-c1c(C(F)(F)F)cccc1C(F)(F)F. The Labute approximate surface area is 237 Å². The zero-order chi connectivity index (χ0) is 33.4. The number of benzene rings is 3. The Morgan fingerprint density at radius 3 is 0.841 bits per heavy atom. The largest absolute Gasteiger partial charge is 0.417 e. The smallest absolute Gasteiger partial charge is 0.192 e. The molecule has 0 aliphatic rings. The molecule has 4 nitrogen and oxygen atoms in total. The molecule has 3 aromatic rings. The van der Waals surface area contributed by atoms with Crippen LogP contribution in [0.25, 0.3) is 33.4 Å². The van der Waals surface area contributed by atoms with Gasteiger partial charge in [-0.05, 0) is 47.5 Å². The van der Waals surface area contributed by atoms with Gasteiger partial charge < -0.3 is 0 Å². The third-order valence-corrected chi connectivity index (χ3v) is 6.03. The average molecular weight is 628 g/mol. The van der Waals surface area contributed by atoms with E-state index < -0.39 is 90.8 Å². The Morgan fingerprint density at radius 2 is 0.659 bits per heavy atom. The zero-order valence-electron chi connectivity index (χ0n) is 20.9. The van der Waals surface area contributed by atoms with Gasteiger partial charge in [0.2, 0.25) is 0 Å². The molecule has 0 aliphatic carbocycles. The molecular weight excluding hydrogens is 620 g/mol. The maximum absolute atomic E-state index is 14.0. The van der Waals surface area contributed by atoms with Crippen molar-refractivity contribution in [2.24, 2.45) is 0 Å². The van der Waals surface area contributed by atoms with Crippen molar-refractivity contribution in [3.05, 3.63) is 81.2 Å². The fraction of sp³-hybridized carbons (Fsp3) is 0.143. The first kappa shape index (κ1) is 33.0. The number of nitriles is 4. The highest BCUT2D eigenvalue weighted by Crippen LogP contribution is 2.46. The van der Waals surface area contributed by atoms with Crippen molar-refractivity contribution < 1.29 is 52.7 Å². The molecule has 0 amide bonds. The van der Waals surface area contributed by atoms with E-state index in [1.54, 1.807) is 0 Å². The van der Waals surface area contributed by atoms with Gasteiger partial charge in [0, 0.05) is 21.6 Å². The monoisotopic (exact) mass is 628 g/mol. The summed E-state index contributed by atoms with van der Waals surface area (Å²) >= 11 is 0. The van der Waals surface area contributed by atoms with Gasteiger partial charge in [-0.2, -0.15) is 73.7 Å². The zero-order valence-corrected chi connectivity index (χ0v) is 20.9. The average Bonchev–Trinajstić information content (AvgIpc) is 2.92. The maximum atomic E-state index is 14.0. The molecule has 0 saturated carbocycles. The van der Waals surface area contributed by atoms with E-state index in [1.807, 2.05) is 0 Å². The van der Waals surface area contributed by atoms with Gasteiger partial charge in [0.15, 0.2) is 0 Å². The van der Waals surface area contributed by atoms with E-state index in [4.69, 9.17) is 0 Å². The molecule has 3 aromatic carbocycles. The van der Waals surface area contributed by atoms with Crippen LogP contribution >= 0.6 is 0 Å². The van der Waals surface area contributed by atoms with E-state index in [2.05, 4.69) is 0 Å². The first-order chi connectivity index (χ1) is 20.2. The van der Waals surface area contributed by atoms with Crippen molar-refractivity contribution in [3.8, 4) is 46.5 Å². The van der Waals surface area contributed by atoms with Crippen LogP contribution in [0.1, 0.15) is 22.3 Å². The van der Waals surface area contributed by atoms with E-state index in [1.165, 1.54) is 0 Å². The highest BCUT2D eigenvalue weighted by Gasteiger charge is 2.43. The number of halogens is 12. The second-order valence-electron chi connectivity index (χ2n) is 8.59. The molecule has 0 aliphatic heterocycles. The summed E-state index contributed by atoms with van der Waals surface area (Å²) in [4.78, 5) is 0. The van der Waals surface area contributed by atoms with Crippen molar-refractivity contribution in [2.45, 2.75) is 24.7 Å². The predicted octanol–water partition coefficient (Wildman–Crippen LogP) is 7.49. The van der Waals surface area contributed by atoms with Gasteiger partial charge in [-0.3, -0.25) is 0 Å². The van der Waals surface area contributed by atoms with Crippen molar-refractivity contribution in [2.75, 3.05) is 0 Å². The molecule has 0 unspecified atom stereocenters. The number of alkyl halides is 12. The van der Waals surface area contributed by atoms with Gasteiger partial charge in [-0.15, -0.1) is 0 Å². The van der Waals surface area contributed by atoms with Crippen LogP contribution in [0, 0.1) is 45.3 Å². The summed E-state index contributed by atoms with van der Waals surface area (Å²) in [5.74, 6) is 0. The molecule has 224 valence electrons. The number of hydrogen-bond donors (Lipinski definition) is 0. The minimum atomic E-state index is -5.57. The molecule has 0 saturated heterocycles. The molecule has 0 atom stereocenters. The quantitative estimate of drug-likeness (QED) is 0.275. The first-order valence-electron chi connectivity index (χ1n) is 11.3. The van der Waals surface area contributed by atoms with Gasteiger partial charge in [0.1, 0.15) is 35.4 Å². The lowest BCUT2D eigenvalue weighted by Crippen LogP contribution is -2.25. The molecular formula is C28H8F12N4. The molecule has 0 spiro atoms.